The lowest BCUT2D eigenvalue weighted by molar-refractivity contribution is -0.121. The first kappa shape index (κ1) is 15.5. The third-order valence-electron chi connectivity index (χ3n) is 4.18. The highest BCUT2D eigenvalue weighted by atomic mass is 16.2. The van der Waals surface area contributed by atoms with Crippen LogP contribution in [0.3, 0.4) is 0 Å². The summed E-state index contributed by atoms with van der Waals surface area (Å²) in [5.74, 6) is 0.179. The highest BCUT2D eigenvalue weighted by molar-refractivity contribution is 5.96. The van der Waals surface area contributed by atoms with Gasteiger partial charge in [0.15, 0.2) is 0 Å². The molecule has 0 N–H and O–H groups in total. The maximum atomic E-state index is 12.5. The Kier molecular flexibility index (Phi) is 4.89. The average molecular weight is 306 g/mol. The second-order valence-corrected chi connectivity index (χ2v) is 5.88. The lowest BCUT2D eigenvalue weighted by atomic mass is 10.1. The predicted molar refractivity (Wildman–Crippen MR) is 95.4 cm³/mol. The van der Waals surface area contributed by atoms with Crippen LogP contribution in [0.4, 0.5) is 5.69 Å². The van der Waals surface area contributed by atoms with Gasteiger partial charge in [-0.1, -0.05) is 60.7 Å². The van der Waals surface area contributed by atoms with E-state index in [1.54, 1.807) is 0 Å². The Hall–Kier alpha value is -2.39. The fourth-order valence-electron chi connectivity index (χ4n) is 2.90. The molecule has 1 fully saturated rings. The van der Waals surface area contributed by atoms with Crippen LogP contribution in [0.1, 0.15) is 11.1 Å². The summed E-state index contributed by atoms with van der Waals surface area (Å²) in [6.07, 6.45) is 4.24. The maximum absolute atomic E-state index is 12.5. The van der Waals surface area contributed by atoms with Gasteiger partial charge in [0.2, 0.25) is 5.91 Å². The Morgan fingerprint density at radius 1 is 1.00 bits per heavy atom. The topological polar surface area (TPSA) is 23.6 Å². The van der Waals surface area contributed by atoms with Crippen molar-refractivity contribution in [1.29, 1.82) is 0 Å². The molecule has 0 saturated carbocycles. The minimum absolute atomic E-state index is 0.179. The number of piperazine rings is 1. The maximum Gasteiger partial charge on any atom is 0.241 e. The molecule has 0 radical (unpaired) electrons. The van der Waals surface area contributed by atoms with Gasteiger partial charge in [-0.2, -0.15) is 0 Å². The molecule has 2 aromatic rings. The first-order valence-corrected chi connectivity index (χ1v) is 8.04. The van der Waals surface area contributed by atoms with E-state index < -0.39 is 0 Å². The highest BCUT2D eigenvalue weighted by Gasteiger charge is 2.24. The number of amides is 1. The Bertz CT molecular complexity index is 694. The Balaban J connectivity index is 1.58. The summed E-state index contributed by atoms with van der Waals surface area (Å²) in [5.41, 5.74) is 3.38. The van der Waals surface area contributed by atoms with Crippen LogP contribution in [-0.4, -0.2) is 37.0 Å². The van der Waals surface area contributed by atoms with Crippen molar-refractivity contribution < 1.29 is 4.79 Å². The van der Waals surface area contributed by atoms with Crippen LogP contribution in [0.25, 0.3) is 6.08 Å². The molecule has 0 unspecified atom stereocenters. The molecule has 0 spiro atoms. The second-order valence-electron chi connectivity index (χ2n) is 5.88. The van der Waals surface area contributed by atoms with Gasteiger partial charge in [0.05, 0.1) is 6.54 Å². The van der Waals surface area contributed by atoms with Gasteiger partial charge in [0, 0.05) is 25.3 Å². The molecular weight excluding hydrogens is 284 g/mol. The van der Waals surface area contributed by atoms with Crippen molar-refractivity contribution in [2.24, 2.45) is 0 Å². The van der Waals surface area contributed by atoms with Crippen molar-refractivity contribution in [3.63, 3.8) is 0 Å². The largest absolute Gasteiger partial charge is 0.310 e. The summed E-state index contributed by atoms with van der Waals surface area (Å²) in [5, 5.41) is 0. The number of rotatable bonds is 4. The molecule has 118 valence electrons. The van der Waals surface area contributed by atoms with Crippen LogP contribution in [0, 0.1) is 6.92 Å². The van der Waals surface area contributed by atoms with Crippen molar-refractivity contribution in [2.45, 2.75) is 6.92 Å². The number of benzene rings is 2. The molecule has 1 saturated heterocycles. The third-order valence-corrected chi connectivity index (χ3v) is 4.18. The van der Waals surface area contributed by atoms with Gasteiger partial charge >= 0.3 is 0 Å². The van der Waals surface area contributed by atoms with Gasteiger partial charge in [0.1, 0.15) is 0 Å². The normalized spacial score (nSPS) is 16.2. The van der Waals surface area contributed by atoms with E-state index in [0.717, 1.165) is 30.9 Å². The van der Waals surface area contributed by atoms with E-state index in [9.17, 15) is 4.79 Å². The predicted octanol–water partition coefficient (Wildman–Crippen LogP) is 3.36. The molecular formula is C20H22N2O. The van der Waals surface area contributed by atoms with Crippen LogP contribution in [-0.2, 0) is 4.79 Å². The standard InChI is InChI=1S/C20H22N2O/c1-17-8-5-6-12-19(17)22-15-14-21(16-20(22)23)13-7-11-18-9-3-2-4-10-18/h2-12H,13-16H2,1H3/b11-7+. The molecule has 0 bridgehead atoms. The van der Waals surface area contributed by atoms with Gasteiger partial charge in [-0.15, -0.1) is 0 Å². The minimum Gasteiger partial charge on any atom is -0.310 e. The smallest absolute Gasteiger partial charge is 0.241 e. The van der Waals surface area contributed by atoms with Crippen molar-refractivity contribution in [3.8, 4) is 0 Å². The SMILES string of the molecule is Cc1ccccc1N1CCN(C/C=C/c2ccccc2)CC1=O. The highest BCUT2D eigenvalue weighted by Crippen LogP contribution is 2.21. The summed E-state index contributed by atoms with van der Waals surface area (Å²) >= 11 is 0. The fraction of sp³-hybridized carbons (Fsp3) is 0.250. The van der Waals surface area contributed by atoms with E-state index in [1.807, 2.05) is 41.3 Å². The van der Waals surface area contributed by atoms with Crippen LogP contribution in [0.2, 0.25) is 0 Å². The van der Waals surface area contributed by atoms with Crippen molar-refractivity contribution in [2.75, 3.05) is 31.1 Å². The average Bonchev–Trinajstić information content (AvgIpc) is 2.57. The van der Waals surface area contributed by atoms with Gasteiger partial charge in [0.25, 0.3) is 0 Å². The number of aryl methyl sites for hydroxylation is 1. The lowest BCUT2D eigenvalue weighted by Gasteiger charge is -2.34. The van der Waals surface area contributed by atoms with E-state index >= 15 is 0 Å². The zero-order valence-electron chi connectivity index (χ0n) is 13.5. The first-order chi connectivity index (χ1) is 11.2. The van der Waals surface area contributed by atoms with Gasteiger partial charge in [-0.05, 0) is 24.1 Å². The number of para-hydroxylation sites is 1. The zero-order chi connectivity index (χ0) is 16.1. The fourth-order valence-corrected chi connectivity index (χ4v) is 2.90. The molecule has 1 aliphatic heterocycles. The van der Waals surface area contributed by atoms with Crippen molar-refractivity contribution >= 4 is 17.7 Å². The van der Waals surface area contributed by atoms with Crippen LogP contribution >= 0.6 is 0 Å². The number of anilines is 1. The molecule has 1 heterocycles. The van der Waals surface area contributed by atoms with Crippen LogP contribution < -0.4 is 4.90 Å². The Morgan fingerprint density at radius 3 is 2.48 bits per heavy atom. The van der Waals surface area contributed by atoms with Crippen LogP contribution in [0.15, 0.2) is 60.7 Å². The molecule has 0 aromatic heterocycles. The molecule has 2 aromatic carbocycles. The summed E-state index contributed by atoms with van der Waals surface area (Å²) in [6, 6.07) is 18.3. The molecule has 1 amide bonds. The second kappa shape index (κ2) is 7.25. The number of hydrogen-bond donors (Lipinski definition) is 0. The quantitative estimate of drug-likeness (QED) is 0.865. The van der Waals surface area contributed by atoms with E-state index in [4.69, 9.17) is 0 Å². The number of nitrogens with zero attached hydrogens (tertiary/aromatic N) is 2. The van der Waals surface area contributed by atoms with Gasteiger partial charge in [-0.3, -0.25) is 9.69 Å². The minimum atomic E-state index is 0.179. The van der Waals surface area contributed by atoms with E-state index in [0.29, 0.717) is 6.54 Å². The molecule has 1 aliphatic rings. The Labute approximate surface area is 137 Å². The van der Waals surface area contributed by atoms with E-state index in [2.05, 4.69) is 42.2 Å². The summed E-state index contributed by atoms with van der Waals surface area (Å²) in [7, 11) is 0. The number of carbonyl (C=O) groups excluding carboxylic acids is 1. The molecule has 0 aliphatic carbocycles. The zero-order valence-corrected chi connectivity index (χ0v) is 13.5. The molecule has 3 nitrogen and oxygen atoms in total. The number of carbonyl (C=O) groups is 1. The third kappa shape index (κ3) is 3.88. The Morgan fingerprint density at radius 2 is 1.74 bits per heavy atom. The summed E-state index contributed by atoms with van der Waals surface area (Å²) in [4.78, 5) is 16.6. The molecule has 0 atom stereocenters. The monoisotopic (exact) mass is 306 g/mol. The van der Waals surface area contributed by atoms with Crippen LogP contribution in [0.5, 0.6) is 0 Å². The molecule has 3 heteroatoms. The molecule has 23 heavy (non-hydrogen) atoms. The van der Waals surface area contributed by atoms with Crippen molar-refractivity contribution in [3.05, 3.63) is 71.8 Å². The number of hydrogen-bond acceptors (Lipinski definition) is 2. The first-order valence-electron chi connectivity index (χ1n) is 8.04. The molecule has 3 rings (SSSR count). The lowest BCUT2D eigenvalue weighted by Crippen LogP contribution is -2.50. The van der Waals surface area contributed by atoms with E-state index in [1.165, 1.54) is 5.56 Å². The van der Waals surface area contributed by atoms with Gasteiger partial charge in [-0.25, -0.2) is 0 Å². The van der Waals surface area contributed by atoms with E-state index in [-0.39, 0.29) is 5.91 Å². The van der Waals surface area contributed by atoms with Gasteiger partial charge < -0.3 is 4.90 Å². The van der Waals surface area contributed by atoms with Crippen molar-refractivity contribution in [1.82, 2.24) is 4.90 Å². The summed E-state index contributed by atoms with van der Waals surface area (Å²) < 4.78 is 0. The summed E-state index contributed by atoms with van der Waals surface area (Å²) in [6.45, 7) is 5.00.